The van der Waals surface area contributed by atoms with E-state index in [1.807, 2.05) is 12.1 Å². The Morgan fingerprint density at radius 2 is 1.56 bits per heavy atom. The summed E-state index contributed by atoms with van der Waals surface area (Å²) in [4.78, 5) is 2.45. The second kappa shape index (κ2) is 4.43. The van der Waals surface area contributed by atoms with Crippen LogP contribution in [0.25, 0.3) is 0 Å². The van der Waals surface area contributed by atoms with E-state index in [9.17, 15) is 8.42 Å². The Bertz CT molecular complexity index is 447. The van der Waals surface area contributed by atoms with E-state index in [0.717, 1.165) is 18.8 Å². The first kappa shape index (κ1) is 11.4. The van der Waals surface area contributed by atoms with Gasteiger partial charge in [-0.1, -0.05) is 0 Å². The van der Waals surface area contributed by atoms with Crippen molar-refractivity contribution in [2.45, 2.75) is 24.2 Å². The first-order valence-electron chi connectivity index (χ1n) is 5.45. The van der Waals surface area contributed by atoms with Gasteiger partial charge in [-0.2, -0.15) is 0 Å². The number of primary sulfonamides is 1. The van der Waals surface area contributed by atoms with E-state index in [2.05, 4.69) is 4.90 Å². The Morgan fingerprint density at radius 1 is 1.00 bits per heavy atom. The van der Waals surface area contributed by atoms with Crippen molar-refractivity contribution in [3.8, 4) is 0 Å². The van der Waals surface area contributed by atoms with Crippen LogP contribution in [0.5, 0.6) is 0 Å². The second-order valence-corrected chi connectivity index (χ2v) is 5.65. The highest BCUT2D eigenvalue weighted by molar-refractivity contribution is 7.89. The minimum Gasteiger partial charge on any atom is -0.372 e. The number of sulfonamides is 1. The van der Waals surface area contributed by atoms with Crippen molar-refractivity contribution in [3.05, 3.63) is 24.3 Å². The summed E-state index contributed by atoms with van der Waals surface area (Å²) in [6.45, 7) is 2.10. The van der Waals surface area contributed by atoms with Crippen LogP contribution in [0.3, 0.4) is 0 Å². The lowest BCUT2D eigenvalue weighted by Crippen LogP contribution is -2.29. The monoisotopic (exact) mass is 240 g/mol. The molecule has 1 heterocycles. The van der Waals surface area contributed by atoms with Gasteiger partial charge in [0.2, 0.25) is 10.0 Å². The molecular formula is C11H16N2O2S. The molecule has 1 aliphatic rings. The van der Waals surface area contributed by atoms with Crippen LogP contribution in [-0.2, 0) is 10.0 Å². The topological polar surface area (TPSA) is 63.4 Å². The van der Waals surface area contributed by atoms with E-state index in [-0.39, 0.29) is 4.90 Å². The third kappa shape index (κ3) is 2.54. The van der Waals surface area contributed by atoms with E-state index in [4.69, 9.17) is 5.14 Å². The lowest BCUT2D eigenvalue weighted by atomic mass is 10.1. The van der Waals surface area contributed by atoms with Crippen LogP contribution in [0.15, 0.2) is 29.2 Å². The standard InChI is InChI=1S/C11H16N2O2S/c12-16(14,15)11-6-4-10(5-7-11)13-8-2-1-3-9-13/h4-7H,1-3,8-9H2,(H2,12,14,15). The molecule has 1 fully saturated rings. The molecule has 88 valence electrons. The third-order valence-corrected chi connectivity index (χ3v) is 3.82. The number of benzene rings is 1. The lowest BCUT2D eigenvalue weighted by molar-refractivity contribution is 0.577. The van der Waals surface area contributed by atoms with E-state index in [0.29, 0.717) is 0 Å². The van der Waals surface area contributed by atoms with Gasteiger partial charge >= 0.3 is 0 Å². The van der Waals surface area contributed by atoms with Gasteiger partial charge in [0, 0.05) is 18.8 Å². The zero-order chi connectivity index (χ0) is 11.6. The summed E-state index contributed by atoms with van der Waals surface area (Å²) in [6.07, 6.45) is 3.69. The molecule has 1 aliphatic heterocycles. The summed E-state index contributed by atoms with van der Waals surface area (Å²) in [5.74, 6) is 0. The van der Waals surface area contributed by atoms with Gasteiger partial charge in [-0.05, 0) is 43.5 Å². The molecular weight excluding hydrogens is 224 g/mol. The van der Waals surface area contributed by atoms with Crippen LogP contribution in [0.2, 0.25) is 0 Å². The quantitative estimate of drug-likeness (QED) is 0.848. The molecule has 1 aromatic rings. The fourth-order valence-corrected chi connectivity index (χ4v) is 2.51. The Labute approximate surface area is 96.1 Å². The van der Waals surface area contributed by atoms with Crippen molar-refractivity contribution < 1.29 is 8.42 Å². The van der Waals surface area contributed by atoms with Crippen LogP contribution >= 0.6 is 0 Å². The molecule has 0 unspecified atom stereocenters. The normalized spacial score (nSPS) is 17.4. The summed E-state index contributed by atoms with van der Waals surface area (Å²) in [5.41, 5.74) is 1.08. The molecule has 0 amide bonds. The molecule has 2 N–H and O–H groups in total. The zero-order valence-electron chi connectivity index (χ0n) is 9.09. The number of nitrogens with two attached hydrogens (primary N) is 1. The highest BCUT2D eigenvalue weighted by Crippen LogP contribution is 2.21. The van der Waals surface area contributed by atoms with Crippen molar-refractivity contribution >= 4 is 15.7 Å². The van der Waals surface area contributed by atoms with Crippen LogP contribution in [-0.4, -0.2) is 21.5 Å². The van der Waals surface area contributed by atoms with Gasteiger partial charge in [-0.15, -0.1) is 0 Å². The predicted octanol–water partition coefficient (Wildman–Crippen LogP) is 1.32. The molecule has 0 aromatic heterocycles. The van der Waals surface area contributed by atoms with Gasteiger partial charge in [0.05, 0.1) is 4.90 Å². The highest BCUT2D eigenvalue weighted by atomic mass is 32.2. The van der Waals surface area contributed by atoms with Crippen molar-refractivity contribution in [3.63, 3.8) is 0 Å². The molecule has 4 nitrogen and oxygen atoms in total. The maximum Gasteiger partial charge on any atom is 0.238 e. The number of rotatable bonds is 2. The molecule has 0 aliphatic carbocycles. The molecule has 16 heavy (non-hydrogen) atoms. The number of hydrogen-bond donors (Lipinski definition) is 1. The van der Waals surface area contributed by atoms with Gasteiger partial charge in [0.15, 0.2) is 0 Å². The van der Waals surface area contributed by atoms with E-state index in [1.54, 1.807) is 12.1 Å². The third-order valence-electron chi connectivity index (χ3n) is 2.89. The molecule has 0 spiro atoms. The Morgan fingerprint density at radius 3 is 2.06 bits per heavy atom. The SMILES string of the molecule is NS(=O)(=O)c1ccc(N2CCCCC2)cc1. The summed E-state index contributed by atoms with van der Waals surface area (Å²) in [7, 11) is -3.57. The van der Waals surface area contributed by atoms with E-state index < -0.39 is 10.0 Å². The Balaban J connectivity index is 2.18. The maximum atomic E-state index is 11.1. The molecule has 0 bridgehead atoms. The van der Waals surface area contributed by atoms with Gasteiger partial charge < -0.3 is 4.90 Å². The maximum absolute atomic E-state index is 11.1. The predicted molar refractivity (Wildman–Crippen MR) is 63.9 cm³/mol. The van der Waals surface area contributed by atoms with Crippen LogP contribution in [0, 0.1) is 0 Å². The fraction of sp³-hybridized carbons (Fsp3) is 0.455. The number of anilines is 1. The average molecular weight is 240 g/mol. The fourth-order valence-electron chi connectivity index (χ4n) is 2.00. The summed E-state index contributed by atoms with van der Waals surface area (Å²) < 4.78 is 22.2. The van der Waals surface area contributed by atoms with Crippen molar-refractivity contribution in [2.75, 3.05) is 18.0 Å². The molecule has 1 saturated heterocycles. The van der Waals surface area contributed by atoms with Gasteiger partial charge in [0.1, 0.15) is 0 Å². The van der Waals surface area contributed by atoms with E-state index in [1.165, 1.54) is 19.3 Å². The van der Waals surface area contributed by atoms with Gasteiger partial charge in [0.25, 0.3) is 0 Å². The summed E-state index contributed by atoms with van der Waals surface area (Å²) in [5, 5.41) is 5.04. The molecule has 5 heteroatoms. The highest BCUT2D eigenvalue weighted by Gasteiger charge is 2.12. The van der Waals surface area contributed by atoms with Crippen molar-refractivity contribution in [2.24, 2.45) is 5.14 Å². The summed E-state index contributed by atoms with van der Waals surface area (Å²) >= 11 is 0. The van der Waals surface area contributed by atoms with Crippen LogP contribution < -0.4 is 10.0 Å². The van der Waals surface area contributed by atoms with Crippen molar-refractivity contribution in [1.82, 2.24) is 0 Å². The minimum absolute atomic E-state index is 0.174. The minimum atomic E-state index is -3.57. The second-order valence-electron chi connectivity index (χ2n) is 4.09. The van der Waals surface area contributed by atoms with Gasteiger partial charge in [-0.25, -0.2) is 13.6 Å². The lowest BCUT2D eigenvalue weighted by Gasteiger charge is -2.28. The Hall–Kier alpha value is -1.07. The smallest absolute Gasteiger partial charge is 0.238 e. The molecule has 0 radical (unpaired) electrons. The molecule has 0 saturated carbocycles. The van der Waals surface area contributed by atoms with Crippen molar-refractivity contribution in [1.29, 1.82) is 0 Å². The largest absolute Gasteiger partial charge is 0.372 e. The molecule has 0 atom stereocenters. The van der Waals surface area contributed by atoms with Crippen LogP contribution in [0.4, 0.5) is 5.69 Å². The number of piperidine rings is 1. The van der Waals surface area contributed by atoms with Crippen LogP contribution in [0.1, 0.15) is 19.3 Å². The van der Waals surface area contributed by atoms with E-state index >= 15 is 0 Å². The number of hydrogen-bond acceptors (Lipinski definition) is 3. The molecule has 2 rings (SSSR count). The van der Waals surface area contributed by atoms with Gasteiger partial charge in [-0.3, -0.25) is 0 Å². The first-order valence-corrected chi connectivity index (χ1v) is 7.00. The average Bonchev–Trinajstić information content (AvgIpc) is 2.29. The summed E-state index contributed by atoms with van der Waals surface area (Å²) in [6, 6.07) is 6.79. The Kier molecular flexibility index (Phi) is 3.16. The number of nitrogens with zero attached hydrogens (tertiary/aromatic N) is 1. The first-order chi connectivity index (χ1) is 7.57. The zero-order valence-corrected chi connectivity index (χ0v) is 9.91. The molecule has 1 aromatic carbocycles.